The highest BCUT2D eigenvalue weighted by atomic mass is 15.1. The second-order valence-corrected chi connectivity index (χ2v) is 7.05. The summed E-state index contributed by atoms with van der Waals surface area (Å²) in [5, 5.41) is 3.88. The molecule has 2 unspecified atom stereocenters. The molecule has 1 aromatic rings. The van der Waals surface area contributed by atoms with Gasteiger partial charge in [-0.05, 0) is 88.7 Å². The highest BCUT2D eigenvalue weighted by molar-refractivity contribution is 5.35. The van der Waals surface area contributed by atoms with Crippen LogP contribution in [-0.4, -0.2) is 31.1 Å². The number of hydrogen-bond acceptors (Lipinski definition) is 2. The molecular formula is C19H30N2. The topological polar surface area (TPSA) is 15.3 Å². The molecule has 3 rings (SSSR count). The maximum absolute atomic E-state index is 3.88. The van der Waals surface area contributed by atoms with E-state index in [0.717, 1.165) is 0 Å². The van der Waals surface area contributed by atoms with Crippen LogP contribution in [0.25, 0.3) is 0 Å². The lowest BCUT2D eigenvalue weighted by molar-refractivity contribution is 0.340. The Bertz CT molecular complexity index is 469. The molecule has 1 aliphatic carbocycles. The van der Waals surface area contributed by atoms with Crippen LogP contribution in [-0.2, 0) is 12.8 Å². The number of aryl methyl sites for hydroxylation is 2. The monoisotopic (exact) mass is 286 g/mol. The lowest BCUT2D eigenvalue weighted by atomic mass is 9.89. The van der Waals surface area contributed by atoms with Crippen LogP contribution < -0.4 is 5.32 Å². The third-order valence-electron chi connectivity index (χ3n) is 5.31. The molecule has 2 heteroatoms. The summed E-state index contributed by atoms with van der Waals surface area (Å²) in [6, 6.07) is 8.36. The molecule has 116 valence electrons. The summed E-state index contributed by atoms with van der Waals surface area (Å²) in [6.07, 6.45) is 9.23. The number of nitrogens with zero attached hydrogens (tertiary/aromatic N) is 1. The Morgan fingerprint density at radius 3 is 2.71 bits per heavy atom. The van der Waals surface area contributed by atoms with E-state index in [0.29, 0.717) is 12.1 Å². The minimum absolute atomic E-state index is 0.477. The molecular weight excluding hydrogens is 256 g/mol. The van der Waals surface area contributed by atoms with Crippen molar-refractivity contribution in [3.63, 3.8) is 0 Å². The van der Waals surface area contributed by atoms with Gasteiger partial charge in [-0.1, -0.05) is 18.2 Å². The number of rotatable bonds is 3. The third-order valence-corrected chi connectivity index (χ3v) is 5.31. The zero-order valence-electron chi connectivity index (χ0n) is 13.7. The number of fused-ring (bicyclic) bond motifs is 1. The first-order chi connectivity index (χ1) is 10.2. The van der Waals surface area contributed by atoms with Gasteiger partial charge in [0.05, 0.1) is 0 Å². The maximum Gasteiger partial charge on any atom is 0.0294 e. The van der Waals surface area contributed by atoms with Gasteiger partial charge in [-0.15, -0.1) is 0 Å². The van der Waals surface area contributed by atoms with Gasteiger partial charge in [-0.25, -0.2) is 0 Å². The van der Waals surface area contributed by atoms with Crippen molar-refractivity contribution < 1.29 is 0 Å². The molecule has 0 bridgehead atoms. The Morgan fingerprint density at radius 1 is 1.05 bits per heavy atom. The Hall–Kier alpha value is -0.860. The van der Waals surface area contributed by atoms with Crippen molar-refractivity contribution in [2.75, 3.05) is 20.1 Å². The number of hydrogen-bond donors (Lipinski definition) is 1. The standard InChI is InChI=1S/C19H30N2/c1-15(20-19-8-5-12-21(2)13-11-19)17-10-9-16-6-3-4-7-18(16)14-17/h9-10,14-15,19-20H,3-8,11-13H2,1-2H3. The number of nitrogens with one attached hydrogen (secondary N) is 1. The van der Waals surface area contributed by atoms with E-state index in [1.165, 1.54) is 63.6 Å². The van der Waals surface area contributed by atoms with Crippen molar-refractivity contribution >= 4 is 0 Å². The van der Waals surface area contributed by atoms with Crippen molar-refractivity contribution in [2.45, 2.75) is 64.0 Å². The van der Waals surface area contributed by atoms with E-state index in [1.807, 2.05) is 0 Å². The predicted octanol–water partition coefficient (Wildman–Crippen LogP) is 3.70. The number of benzene rings is 1. The van der Waals surface area contributed by atoms with Crippen LogP contribution in [0.1, 0.15) is 61.8 Å². The first kappa shape index (κ1) is 15.1. The molecule has 21 heavy (non-hydrogen) atoms. The van der Waals surface area contributed by atoms with Crippen molar-refractivity contribution in [3.8, 4) is 0 Å². The summed E-state index contributed by atoms with van der Waals surface area (Å²) < 4.78 is 0. The maximum atomic E-state index is 3.88. The molecule has 1 saturated heterocycles. The van der Waals surface area contributed by atoms with E-state index >= 15 is 0 Å². The van der Waals surface area contributed by atoms with Gasteiger partial charge in [-0.2, -0.15) is 0 Å². The Morgan fingerprint density at radius 2 is 1.86 bits per heavy atom. The molecule has 0 spiro atoms. The van der Waals surface area contributed by atoms with Crippen LogP contribution in [0.4, 0.5) is 0 Å². The SMILES string of the molecule is CC(NC1CCCN(C)CC1)c1ccc2c(c1)CCCC2. The highest BCUT2D eigenvalue weighted by Crippen LogP contribution is 2.25. The lowest BCUT2D eigenvalue weighted by Gasteiger charge is -2.24. The zero-order valence-corrected chi connectivity index (χ0v) is 13.7. The molecule has 0 amide bonds. The fourth-order valence-electron chi connectivity index (χ4n) is 3.88. The molecule has 1 heterocycles. The molecule has 1 aliphatic heterocycles. The van der Waals surface area contributed by atoms with Crippen LogP contribution >= 0.6 is 0 Å². The second-order valence-electron chi connectivity index (χ2n) is 7.05. The minimum Gasteiger partial charge on any atom is -0.307 e. The van der Waals surface area contributed by atoms with Crippen molar-refractivity contribution in [1.29, 1.82) is 0 Å². The van der Waals surface area contributed by atoms with Crippen LogP contribution in [0.2, 0.25) is 0 Å². The molecule has 1 aromatic carbocycles. The first-order valence-electron chi connectivity index (χ1n) is 8.78. The molecule has 1 N–H and O–H groups in total. The van der Waals surface area contributed by atoms with Gasteiger partial charge in [-0.3, -0.25) is 0 Å². The summed E-state index contributed by atoms with van der Waals surface area (Å²) in [5.74, 6) is 0. The van der Waals surface area contributed by atoms with Crippen LogP contribution in [0.15, 0.2) is 18.2 Å². The minimum atomic E-state index is 0.477. The fraction of sp³-hybridized carbons (Fsp3) is 0.684. The van der Waals surface area contributed by atoms with Gasteiger partial charge in [0, 0.05) is 12.1 Å². The largest absolute Gasteiger partial charge is 0.307 e. The normalized spacial score (nSPS) is 25.1. The van der Waals surface area contributed by atoms with E-state index in [-0.39, 0.29) is 0 Å². The predicted molar refractivity (Wildman–Crippen MR) is 89.8 cm³/mol. The van der Waals surface area contributed by atoms with Crippen molar-refractivity contribution in [1.82, 2.24) is 10.2 Å². The number of likely N-dealkylation sites (tertiary alicyclic amines) is 1. The van der Waals surface area contributed by atoms with Crippen LogP contribution in [0.5, 0.6) is 0 Å². The average Bonchev–Trinajstić information content (AvgIpc) is 2.71. The quantitative estimate of drug-likeness (QED) is 0.911. The molecule has 0 saturated carbocycles. The first-order valence-corrected chi connectivity index (χ1v) is 8.78. The Labute approximate surface area is 129 Å². The second kappa shape index (κ2) is 6.93. The van der Waals surface area contributed by atoms with E-state index in [9.17, 15) is 0 Å². The third kappa shape index (κ3) is 3.87. The van der Waals surface area contributed by atoms with Crippen LogP contribution in [0.3, 0.4) is 0 Å². The van der Waals surface area contributed by atoms with Gasteiger partial charge in [0.25, 0.3) is 0 Å². The van der Waals surface area contributed by atoms with Gasteiger partial charge in [0.15, 0.2) is 0 Å². The summed E-state index contributed by atoms with van der Waals surface area (Å²) in [4.78, 5) is 2.46. The Balaban J connectivity index is 1.63. The summed E-state index contributed by atoms with van der Waals surface area (Å²) in [7, 11) is 2.25. The van der Waals surface area contributed by atoms with Crippen molar-refractivity contribution in [2.24, 2.45) is 0 Å². The van der Waals surface area contributed by atoms with E-state index < -0.39 is 0 Å². The van der Waals surface area contributed by atoms with Gasteiger partial charge < -0.3 is 10.2 Å². The summed E-state index contributed by atoms with van der Waals surface area (Å²) >= 11 is 0. The summed E-state index contributed by atoms with van der Waals surface area (Å²) in [6.45, 7) is 4.82. The van der Waals surface area contributed by atoms with E-state index in [1.54, 1.807) is 11.1 Å². The summed E-state index contributed by atoms with van der Waals surface area (Å²) in [5.41, 5.74) is 4.68. The molecule has 0 radical (unpaired) electrons. The highest BCUT2D eigenvalue weighted by Gasteiger charge is 2.18. The smallest absolute Gasteiger partial charge is 0.0294 e. The van der Waals surface area contributed by atoms with Gasteiger partial charge in [0.1, 0.15) is 0 Å². The van der Waals surface area contributed by atoms with Crippen molar-refractivity contribution in [3.05, 3.63) is 34.9 Å². The average molecular weight is 286 g/mol. The van der Waals surface area contributed by atoms with Gasteiger partial charge >= 0.3 is 0 Å². The van der Waals surface area contributed by atoms with E-state index in [4.69, 9.17) is 0 Å². The zero-order chi connectivity index (χ0) is 14.7. The fourth-order valence-corrected chi connectivity index (χ4v) is 3.88. The van der Waals surface area contributed by atoms with Gasteiger partial charge in [0.2, 0.25) is 0 Å². The molecule has 0 aromatic heterocycles. The molecule has 2 nitrogen and oxygen atoms in total. The van der Waals surface area contributed by atoms with Crippen LogP contribution in [0, 0.1) is 0 Å². The Kier molecular flexibility index (Phi) is 4.97. The molecule has 1 fully saturated rings. The van der Waals surface area contributed by atoms with E-state index in [2.05, 4.69) is 42.4 Å². The molecule has 2 aliphatic rings. The lowest BCUT2D eigenvalue weighted by Crippen LogP contribution is -2.32. The molecule has 2 atom stereocenters.